The summed E-state index contributed by atoms with van der Waals surface area (Å²) in [5, 5.41) is 12.5. The molecule has 92 valence electrons. The maximum atomic E-state index is 11.9. The Morgan fingerprint density at radius 1 is 1.39 bits per heavy atom. The van der Waals surface area contributed by atoms with Gasteiger partial charge in [0.05, 0.1) is 5.56 Å². The van der Waals surface area contributed by atoms with E-state index in [0.29, 0.717) is 5.02 Å². The summed E-state index contributed by atoms with van der Waals surface area (Å²) >= 11 is 5.69. The molecule has 1 aromatic heterocycles. The van der Waals surface area contributed by atoms with Crippen molar-refractivity contribution in [1.29, 1.82) is 0 Å². The van der Waals surface area contributed by atoms with Crippen molar-refractivity contribution in [2.45, 2.75) is 6.92 Å². The summed E-state index contributed by atoms with van der Waals surface area (Å²) < 4.78 is 0. The normalized spacial score (nSPS) is 10.1. The summed E-state index contributed by atoms with van der Waals surface area (Å²) in [5.41, 5.74) is 0.852. The Morgan fingerprint density at radius 3 is 2.83 bits per heavy atom. The molecule has 0 saturated carbocycles. The molecule has 1 amide bonds. The number of halogens is 1. The number of benzene rings is 1. The van der Waals surface area contributed by atoms with Crippen LogP contribution in [0.15, 0.2) is 30.5 Å². The first-order valence-electron chi connectivity index (χ1n) is 5.16. The van der Waals surface area contributed by atoms with Gasteiger partial charge in [-0.1, -0.05) is 11.6 Å². The molecule has 0 bridgehead atoms. The number of carbonyl (C=O) groups excluding carboxylic acids is 1. The molecule has 0 unspecified atom stereocenters. The molecule has 0 fully saturated rings. The first kappa shape index (κ1) is 12.3. The first-order valence-corrected chi connectivity index (χ1v) is 5.53. The Balaban J connectivity index is 2.22. The molecule has 0 saturated heterocycles. The van der Waals surface area contributed by atoms with Gasteiger partial charge in [-0.25, -0.2) is 9.97 Å². The lowest BCUT2D eigenvalue weighted by molar-refractivity contribution is 0.102. The summed E-state index contributed by atoms with van der Waals surface area (Å²) in [5.74, 6) is -0.489. The fraction of sp³-hybridized carbons (Fsp3) is 0.0833. The van der Waals surface area contributed by atoms with E-state index in [0.717, 1.165) is 5.69 Å². The molecule has 5 nitrogen and oxygen atoms in total. The topological polar surface area (TPSA) is 75.1 Å². The number of aromatic nitrogens is 2. The van der Waals surface area contributed by atoms with Crippen LogP contribution in [-0.2, 0) is 0 Å². The van der Waals surface area contributed by atoms with Crippen LogP contribution in [0.4, 0.5) is 5.95 Å². The number of hydrogen-bond donors (Lipinski definition) is 2. The molecule has 2 aromatic rings. The molecule has 0 atom stereocenters. The van der Waals surface area contributed by atoms with Gasteiger partial charge in [0.2, 0.25) is 5.95 Å². The van der Waals surface area contributed by atoms with Gasteiger partial charge < -0.3 is 5.11 Å². The monoisotopic (exact) mass is 263 g/mol. The van der Waals surface area contributed by atoms with Crippen molar-refractivity contribution in [3.63, 3.8) is 0 Å². The number of carbonyl (C=O) groups is 1. The largest absolute Gasteiger partial charge is 0.507 e. The average molecular weight is 264 g/mol. The van der Waals surface area contributed by atoms with E-state index in [1.54, 1.807) is 19.2 Å². The van der Waals surface area contributed by atoms with Gasteiger partial charge in [0, 0.05) is 16.9 Å². The average Bonchev–Trinajstić information content (AvgIpc) is 2.28. The zero-order valence-electron chi connectivity index (χ0n) is 9.51. The van der Waals surface area contributed by atoms with Crippen LogP contribution in [0.5, 0.6) is 5.75 Å². The van der Waals surface area contributed by atoms with Crippen LogP contribution in [0.1, 0.15) is 16.1 Å². The van der Waals surface area contributed by atoms with E-state index >= 15 is 0 Å². The van der Waals surface area contributed by atoms with E-state index in [2.05, 4.69) is 15.3 Å². The summed E-state index contributed by atoms with van der Waals surface area (Å²) in [7, 11) is 0. The lowest BCUT2D eigenvalue weighted by atomic mass is 10.2. The number of anilines is 1. The van der Waals surface area contributed by atoms with E-state index in [9.17, 15) is 9.90 Å². The molecule has 1 aromatic carbocycles. The van der Waals surface area contributed by atoms with Gasteiger partial charge in [0.1, 0.15) is 5.75 Å². The maximum Gasteiger partial charge on any atom is 0.261 e. The number of amides is 1. The van der Waals surface area contributed by atoms with Gasteiger partial charge in [0.15, 0.2) is 0 Å². The molecule has 2 rings (SSSR count). The van der Waals surface area contributed by atoms with E-state index in [4.69, 9.17) is 11.6 Å². The van der Waals surface area contributed by atoms with Crippen molar-refractivity contribution in [3.05, 3.63) is 46.7 Å². The van der Waals surface area contributed by atoms with Crippen molar-refractivity contribution in [2.24, 2.45) is 0 Å². The standard InChI is InChI=1S/C12H10ClN3O2/c1-7-4-5-14-12(15-7)16-11(18)9-3-2-8(13)6-10(9)17/h2-6,17H,1H3,(H,14,15,16,18). The summed E-state index contributed by atoms with van der Waals surface area (Å²) in [6, 6.07) is 5.97. The zero-order valence-corrected chi connectivity index (χ0v) is 10.3. The number of hydrogen-bond acceptors (Lipinski definition) is 4. The minimum absolute atomic E-state index is 0.115. The Bertz CT molecular complexity index is 602. The Kier molecular flexibility index (Phi) is 3.43. The fourth-order valence-electron chi connectivity index (χ4n) is 1.37. The molecular formula is C12H10ClN3O2. The number of phenolic OH excluding ortho intramolecular Hbond substituents is 1. The zero-order chi connectivity index (χ0) is 13.1. The third-order valence-electron chi connectivity index (χ3n) is 2.22. The molecule has 0 aliphatic heterocycles. The number of nitrogens with zero attached hydrogens (tertiary/aromatic N) is 2. The van der Waals surface area contributed by atoms with Crippen LogP contribution < -0.4 is 5.32 Å². The van der Waals surface area contributed by atoms with Crippen LogP contribution in [-0.4, -0.2) is 21.0 Å². The Morgan fingerprint density at radius 2 is 2.17 bits per heavy atom. The van der Waals surface area contributed by atoms with Crippen molar-refractivity contribution in [3.8, 4) is 5.75 Å². The molecule has 1 heterocycles. The first-order chi connectivity index (χ1) is 8.56. The van der Waals surface area contributed by atoms with Gasteiger partial charge in [0.25, 0.3) is 5.91 Å². The SMILES string of the molecule is Cc1ccnc(NC(=O)c2ccc(Cl)cc2O)n1. The number of aryl methyl sites for hydroxylation is 1. The van der Waals surface area contributed by atoms with Gasteiger partial charge in [-0.05, 0) is 31.2 Å². The van der Waals surface area contributed by atoms with Crippen LogP contribution in [0.3, 0.4) is 0 Å². The predicted molar refractivity (Wildman–Crippen MR) is 67.8 cm³/mol. The molecule has 18 heavy (non-hydrogen) atoms. The fourth-order valence-corrected chi connectivity index (χ4v) is 1.54. The van der Waals surface area contributed by atoms with E-state index in [1.807, 2.05) is 0 Å². The Labute approximate surface area is 108 Å². The Hall–Kier alpha value is -2.14. The second kappa shape index (κ2) is 5.01. The van der Waals surface area contributed by atoms with Gasteiger partial charge >= 0.3 is 0 Å². The maximum absolute atomic E-state index is 11.9. The highest BCUT2D eigenvalue weighted by Gasteiger charge is 2.12. The third-order valence-corrected chi connectivity index (χ3v) is 2.46. The summed E-state index contributed by atoms with van der Waals surface area (Å²) in [4.78, 5) is 19.8. The van der Waals surface area contributed by atoms with Gasteiger partial charge in [-0.3, -0.25) is 10.1 Å². The lowest BCUT2D eigenvalue weighted by Gasteiger charge is -2.06. The quantitative estimate of drug-likeness (QED) is 0.872. The molecule has 2 N–H and O–H groups in total. The third kappa shape index (κ3) is 2.75. The van der Waals surface area contributed by atoms with Crippen LogP contribution in [0, 0.1) is 6.92 Å². The molecule has 6 heteroatoms. The molecular weight excluding hydrogens is 254 g/mol. The van der Waals surface area contributed by atoms with Gasteiger partial charge in [-0.15, -0.1) is 0 Å². The highest BCUT2D eigenvalue weighted by molar-refractivity contribution is 6.30. The van der Waals surface area contributed by atoms with Crippen LogP contribution in [0.25, 0.3) is 0 Å². The minimum atomic E-state index is -0.491. The second-order valence-corrected chi connectivity index (χ2v) is 4.07. The van der Waals surface area contributed by atoms with Crippen molar-refractivity contribution < 1.29 is 9.90 Å². The molecule has 0 radical (unpaired) electrons. The summed E-state index contributed by atoms with van der Waals surface area (Å²) in [6.45, 7) is 1.79. The molecule has 0 aliphatic rings. The van der Waals surface area contributed by atoms with Crippen molar-refractivity contribution in [2.75, 3.05) is 5.32 Å². The number of nitrogens with one attached hydrogen (secondary N) is 1. The van der Waals surface area contributed by atoms with Crippen LogP contribution >= 0.6 is 11.6 Å². The van der Waals surface area contributed by atoms with Crippen molar-refractivity contribution in [1.82, 2.24) is 9.97 Å². The van der Waals surface area contributed by atoms with E-state index < -0.39 is 5.91 Å². The second-order valence-electron chi connectivity index (χ2n) is 3.64. The minimum Gasteiger partial charge on any atom is -0.507 e. The molecule has 0 aliphatic carbocycles. The van der Waals surface area contributed by atoms with Crippen molar-refractivity contribution >= 4 is 23.5 Å². The van der Waals surface area contributed by atoms with Crippen LogP contribution in [0.2, 0.25) is 5.02 Å². The molecule has 0 spiro atoms. The van der Waals surface area contributed by atoms with E-state index in [1.165, 1.54) is 18.2 Å². The predicted octanol–water partition coefficient (Wildman–Crippen LogP) is 2.40. The van der Waals surface area contributed by atoms with Gasteiger partial charge in [-0.2, -0.15) is 0 Å². The summed E-state index contributed by atoms with van der Waals surface area (Å²) in [6.07, 6.45) is 1.54. The van der Waals surface area contributed by atoms with E-state index in [-0.39, 0.29) is 17.3 Å². The highest BCUT2D eigenvalue weighted by Crippen LogP contribution is 2.22. The number of aromatic hydroxyl groups is 1. The lowest BCUT2D eigenvalue weighted by Crippen LogP contribution is -2.14. The smallest absolute Gasteiger partial charge is 0.261 e. The highest BCUT2D eigenvalue weighted by atomic mass is 35.5. The number of phenols is 1. The number of rotatable bonds is 2.